The topological polar surface area (TPSA) is 76.0 Å². The third kappa shape index (κ3) is 5.14. The van der Waals surface area contributed by atoms with Crippen molar-refractivity contribution < 1.29 is 4.79 Å². The van der Waals surface area contributed by atoms with E-state index < -0.39 is 0 Å². The fraction of sp³-hybridized carbons (Fsp3) is 0.389. The number of halogens is 1. The fourth-order valence-electron chi connectivity index (χ4n) is 2.96. The molecule has 2 unspecified atom stereocenters. The van der Waals surface area contributed by atoms with Gasteiger partial charge < -0.3 is 10.6 Å². The van der Waals surface area contributed by atoms with Crippen molar-refractivity contribution >= 4 is 18.3 Å². The van der Waals surface area contributed by atoms with Crippen LogP contribution in [0.15, 0.2) is 47.3 Å². The lowest BCUT2D eigenvalue weighted by Gasteiger charge is -2.28. The Morgan fingerprint density at radius 2 is 2.04 bits per heavy atom. The molecule has 0 spiro atoms. The third-order valence-electron chi connectivity index (χ3n) is 4.23. The summed E-state index contributed by atoms with van der Waals surface area (Å²) in [6.07, 6.45) is 1.80. The normalized spacial score (nSPS) is 19.7. The minimum absolute atomic E-state index is 0. The first kappa shape index (κ1) is 19.1. The van der Waals surface area contributed by atoms with Crippen LogP contribution in [0, 0.1) is 0 Å². The zero-order valence-electron chi connectivity index (χ0n) is 14.1. The van der Waals surface area contributed by atoms with Crippen molar-refractivity contribution in [1.82, 2.24) is 20.4 Å². The van der Waals surface area contributed by atoms with Crippen LogP contribution in [0.1, 0.15) is 35.8 Å². The fourth-order valence-corrected chi connectivity index (χ4v) is 2.96. The molecule has 2 aromatic rings. The van der Waals surface area contributed by atoms with Gasteiger partial charge in [0.15, 0.2) is 0 Å². The standard InChI is InChI=1S/C18H22N4O2.ClH/c1-13-11-15(9-10-19-13)20-18(24)16-7-8-17(23)22(21-16)12-14-5-3-2-4-6-14;/h2-8,13,15,19H,9-12H2,1H3,(H,20,24);1H. The number of nitrogens with zero attached hydrogens (tertiary/aromatic N) is 2. The number of piperidine rings is 1. The van der Waals surface area contributed by atoms with Crippen LogP contribution in [-0.2, 0) is 6.54 Å². The molecule has 0 radical (unpaired) electrons. The molecule has 1 aliphatic heterocycles. The van der Waals surface area contributed by atoms with Crippen LogP contribution in [0.4, 0.5) is 0 Å². The maximum atomic E-state index is 12.4. The third-order valence-corrected chi connectivity index (χ3v) is 4.23. The lowest BCUT2D eigenvalue weighted by atomic mass is 10.0. The highest BCUT2D eigenvalue weighted by molar-refractivity contribution is 5.92. The molecule has 7 heteroatoms. The van der Waals surface area contributed by atoms with Crippen LogP contribution in [-0.4, -0.2) is 34.3 Å². The molecule has 1 aromatic carbocycles. The van der Waals surface area contributed by atoms with E-state index in [4.69, 9.17) is 0 Å². The maximum Gasteiger partial charge on any atom is 0.271 e. The van der Waals surface area contributed by atoms with E-state index in [-0.39, 0.29) is 35.6 Å². The van der Waals surface area contributed by atoms with Gasteiger partial charge in [0.05, 0.1) is 6.54 Å². The van der Waals surface area contributed by atoms with Crippen molar-refractivity contribution in [1.29, 1.82) is 0 Å². The predicted molar refractivity (Wildman–Crippen MR) is 99.2 cm³/mol. The van der Waals surface area contributed by atoms with Crippen molar-refractivity contribution in [3.05, 3.63) is 64.1 Å². The Kier molecular flexibility index (Phi) is 6.73. The van der Waals surface area contributed by atoms with E-state index in [1.807, 2.05) is 30.3 Å². The Morgan fingerprint density at radius 1 is 1.28 bits per heavy atom. The van der Waals surface area contributed by atoms with Gasteiger partial charge in [-0.1, -0.05) is 30.3 Å². The van der Waals surface area contributed by atoms with Crippen molar-refractivity contribution in [2.24, 2.45) is 0 Å². The van der Waals surface area contributed by atoms with E-state index in [0.29, 0.717) is 12.6 Å². The van der Waals surface area contributed by atoms with E-state index in [2.05, 4.69) is 22.7 Å². The SMILES string of the molecule is CC1CC(NC(=O)c2ccc(=O)n(Cc3ccccc3)n2)CCN1.Cl. The summed E-state index contributed by atoms with van der Waals surface area (Å²) in [7, 11) is 0. The number of carbonyl (C=O) groups excluding carboxylic acids is 1. The number of hydrogen-bond donors (Lipinski definition) is 2. The zero-order valence-corrected chi connectivity index (χ0v) is 15.0. The monoisotopic (exact) mass is 362 g/mol. The number of aromatic nitrogens is 2. The van der Waals surface area contributed by atoms with Crippen LogP contribution >= 0.6 is 12.4 Å². The van der Waals surface area contributed by atoms with Crippen LogP contribution in [0.2, 0.25) is 0 Å². The van der Waals surface area contributed by atoms with Crippen LogP contribution in [0.5, 0.6) is 0 Å². The summed E-state index contributed by atoms with van der Waals surface area (Å²) in [5.74, 6) is -0.226. The van der Waals surface area contributed by atoms with Gasteiger partial charge in [-0.05, 0) is 37.9 Å². The molecular weight excluding hydrogens is 340 g/mol. The molecule has 1 aromatic heterocycles. The molecule has 25 heavy (non-hydrogen) atoms. The summed E-state index contributed by atoms with van der Waals surface area (Å²) < 4.78 is 1.33. The first-order chi connectivity index (χ1) is 11.6. The minimum atomic E-state index is -0.226. The lowest BCUT2D eigenvalue weighted by molar-refractivity contribution is 0.0918. The van der Waals surface area contributed by atoms with Crippen molar-refractivity contribution in [3.8, 4) is 0 Å². The van der Waals surface area contributed by atoms with Gasteiger partial charge in [-0.3, -0.25) is 9.59 Å². The van der Waals surface area contributed by atoms with Gasteiger partial charge in [0.25, 0.3) is 11.5 Å². The molecule has 0 saturated carbocycles. The van der Waals surface area contributed by atoms with E-state index >= 15 is 0 Å². The molecule has 2 atom stereocenters. The first-order valence-electron chi connectivity index (χ1n) is 8.28. The summed E-state index contributed by atoms with van der Waals surface area (Å²) in [6.45, 7) is 3.36. The Balaban J connectivity index is 0.00000225. The Hall–Kier alpha value is -2.18. The molecule has 2 heterocycles. The highest BCUT2D eigenvalue weighted by Crippen LogP contribution is 2.09. The highest BCUT2D eigenvalue weighted by atomic mass is 35.5. The zero-order chi connectivity index (χ0) is 16.9. The van der Waals surface area contributed by atoms with Gasteiger partial charge in [-0.15, -0.1) is 12.4 Å². The Morgan fingerprint density at radius 3 is 2.76 bits per heavy atom. The molecule has 1 amide bonds. The van der Waals surface area contributed by atoms with Gasteiger partial charge in [0.1, 0.15) is 5.69 Å². The lowest BCUT2D eigenvalue weighted by Crippen LogP contribution is -2.47. The average molecular weight is 363 g/mol. The van der Waals surface area contributed by atoms with Gasteiger partial charge >= 0.3 is 0 Å². The van der Waals surface area contributed by atoms with E-state index in [1.165, 1.54) is 16.8 Å². The second kappa shape index (κ2) is 8.78. The highest BCUT2D eigenvalue weighted by Gasteiger charge is 2.21. The van der Waals surface area contributed by atoms with Gasteiger partial charge in [-0.25, -0.2) is 4.68 Å². The van der Waals surface area contributed by atoms with Gasteiger partial charge in [0.2, 0.25) is 0 Å². The van der Waals surface area contributed by atoms with E-state index in [1.54, 1.807) is 0 Å². The van der Waals surface area contributed by atoms with Crippen molar-refractivity contribution in [3.63, 3.8) is 0 Å². The molecule has 1 saturated heterocycles. The van der Waals surface area contributed by atoms with Crippen molar-refractivity contribution in [2.75, 3.05) is 6.54 Å². The maximum absolute atomic E-state index is 12.4. The molecular formula is C18H23ClN4O2. The number of benzene rings is 1. The van der Waals surface area contributed by atoms with Crippen LogP contribution < -0.4 is 16.2 Å². The second-order valence-corrected chi connectivity index (χ2v) is 6.25. The average Bonchev–Trinajstić information content (AvgIpc) is 2.58. The number of nitrogens with one attached hydrogen (secondary N) is 2. The molecule has 1 aliphatic rings. The van der Waals surface area contributed by atoms with Gasteiger partial charge in [0, 0.05) is 18.2 Å². The Labute approximate surface area is 153 Å². The van der Waals surface area contributed by atoms with Crippen molar-refractivity contribution in [2.45, 2.75) is 38.4 Å². The van der Waals surface area contributed by atoms with Crippen LogP contribution in [0.3, 0.4) is 0 Å². The van der Waals surface area contributed by atoms with Crippen LogP contribution in [0.25, 0.3) is 0 Å². The predicted octanol–water partition coefficient (Wildman–Crippen LogP) is 1.58. The Bertz CT molecular complexity index is 763. The quantitative estimate of drug-likeness (QED) is 0.866. The molecule has 134 valence electrons. The second-order valence-electron chi connectivity index (χ2n) is 6.25. The first-order valence-corrected chi connectivity index (χ1v) is 8.28. The summed E-state index contributed by atoms with van der Waals surface area (Å²) in [5, 5.41) is 10.6. The summed E-state index contributed by atoms with van der Waals surface area (Å²) in [5.41, 5.74) is 1.03. The van der Waals surface area contributed by atoms with E-state index in [9.17, 15) is 9.59 Å². The number of carbonyl (C=O) groups is 1. The largest absolute Gasteiger partial charge is 0.348 e. The molecule has 2 N–H and O–H groups in total. The number of rotatable bonds is 4. The number of amides is 1. The van der Waals surface area contributed by atoms with Gasteiger partial charge in [-0.2, -0.15) is 5.10 Å². The summed E-state index contributed by atoms with van der Waals surface area (Å²) >= 11 is 0. The summed E-state index contributed by atoms with van der Waals surface area (Å²) in [6, 6.07) is 13.0. The minimum Gasteiger partial charge on any atom is -0.348 e. The van der Waals surface area contributed by atoms with E-state index in [0.717, 1.165) is 24.9 Å². The smallest absolute Gasteiger partial charge is 0.271 e. The number of hydrogen-bond acceptors (Lipinski definition) is 4. The molecule has 1 fully saturated rings. The molecule has 6 nitrogen and oxygen atoms in total. The molecule has 3 rings (SSSR count). The summed E-state index contributed by atoms with van der Waals surface area (Å²) in [4.78, 5) is 24.4. The molecule has 0 bridgehead atoms. The molecule has 0 aliphatic carbocycles.